The number of amides is 2. The van der Waals surface area contributed by atoms with E-state index in [1.165, 1.54) is 13.8 Å². The number of carboxylic acid groups (broad SMARTS) is 1. The van der Waals surface area contributed by atoms with Crippen LogP contribution in [0.4, 0.5) is 5.82 Å². The Hall–Kier alpha value is -3.01. The molecule has 0 aromatic carbocycles. The molecule has 1 saturated heterocycles. The van der Waals surface area contributed by atoms with Gasteiger partial charge in [-0.25, -0.2) is 28.6 Å². The largest absolute Gasteiger partial charge is 0.481 e. The van der Waals surface area contributed by atoms with Gasteiger partial charge in [0.15, 0.2) is 22.8 Å². The first kappa shape index (κ1) is 49.4. The number of phosphoric ester groups is 3. The van der Waals surface area contributed by atoms with E-state index in [9.17, 15) is 67.8 Å². The number of nitrogens with zero attached hydrogens (tertiary/aromatic N) is 4. The molecule has 328 valence electrons. The first-order chi connectivity index (χ1) is 26.8. The fourth-order valence-corrected chi connectivity index (χ4v) is 8.51. The van der Waals surface area contributed by atoms with Crippen LogP contribution in [0, 0.1) is 5.41 Å². The van der Waals surface area contributed by atoms with Gasteiger partial charge in [0.25, 0.3) is 0 Å². The molecule has 2 amide bonds. The highest BCUT2D eigenvalue weighted by atomic mass is 32.2. The summed E-state index contributed by atoms with van der Waals surface area (Å²) in [5, 5.41) is 44.1. The first-order valence-corrected chi connectivity index (χ1v) is 22.3. The maximum atomic E-state index is 12.7. The normalized spacial score (nSPS) is 21.8. The van der Waals surface area contributed by atoms with Crippen LogP contribution in [0.15, 0.2) is 12.7 Å². The number of phosphoric acid groups is 3. The summed E-state index contributed by atoms with van der Waals surface area (Å²) >= 11 is 0.825. The number of nitrogen functional groups attached to an aromatic ring is 1. The van der Waals surface area contributed by atoms with Crippen molar-refractivity contribution in [1.82, 2.24) is 30.2 Å². The maximum Gasteiger partial charge on any atom is 0.481 e. The molecule has 3 rings (SSSR count). The lowest BCUT2D eigenvalue weighted by Gasteiger charge is -2.30. The molecule has 1 fully saturated rings. The second-order valence-electron chi connectivity index (χ2n) is 13.1. The highest BCUT2D eigenvalue weighted by molar-refractivity contribution is 8.13. The van der Waals surface area contributed by atoms with Crippen molar-refractivity contribution in [2.24, 2.45) is 5.41 Å². The number of carbonyl (C=O) groups is 4. The zero-order chi connectivity index (χ0) is 43.6. The molecule has 0 saturated carbocycles. The van der Waals surface area contributed by atoms with Crippen LogP contribution in [0.5, 0.6) is 0 Å². The lowest BCUT2D eigenvalue weighted by atomic mass is 9.87. The summed E-state index contributed by atoms with van der Waals surface area (Å²) in [6.07, 6.45) is -8.88. The molecule has 27 nitrogen and oxygen atoms in total. The number of carboxylic acids is 1. The zero-order valence-electron chi connectivity index (χ0n) is 30.6. The van der Waals surface area contributed by atoms with Gasteiger partial charge in [0.2, 0.25) is 11.8 Å². The molecule has 0 aliphatic carbocycles. The topological polar surface area (TPSA) is 421 Å². The number of hydrogen-bond donors (Lipinski definition) is 11. The average Bonchev–Trinajstić information content (AvgIpc) is 3.67. The second kappa shape index (κ2) is 21.0. The zero-order valence-corrected chi connectivity index (χ0v) is 34.1. The molecule has 0 bridgehead atoms. The summed E-state index contributed by atoms with van der Waals surface area (Å²) < 4.78 is 62.0. The number of rotatable bonds is 24. The second-order valence-corrected chi connectivity index (χ2v) is 18.5. The summed E-state index contributed by atoms with van der Waals surface area (Å²) in [5.74, 6) is -2.57. The van der Waals surface area contributed by atoms with Gasteiger partial charge in [-0.2, -0.15) is 4.31 Å². The van der Waals surface area contributed by atoms with Gasteiger partial charge in [-0.15, -0.1) is 0 Å². The van der Waals surface area contributed by atoms with Crippen molar-refractivity contribution >= 4 is 75.1 Å². The Kier molecular flexibility index (Phi) is 17.9. The summed E-state index contributed by atoms with van der Waals surface area (Å²) in [6, 6.07) is 0. The molecular formula is C27H44N7O20P3S. The average molecular weight is 912 g/mol. The fraction of sp³-hybridized carbons (Fsp3) is 0.667. The highest BCUT2D eigenvalue weighted by Gasteiger charge is 2.50. The van der Waals surface area contributed by atoms with E-state index >= 15 is 0 Å². The molecule has 8 unspecified atom stereocenters. The monoisotopic (exact) mass is 911 g/mol. The van der Waals surface area contributed by atoms with Crippen molar-refractivity contribution in [3.8, 4) is 0 Å². The third-order valence-electron chi connectivity index (χ3n) is 7.86. The van der Waals surface area contributed by atoms with Gasteiger partial charge in [0, 0.05) is 43.5 Å². The van der Waals surface area contributed by atoms with E-state index in [4.69, 9.17) is 24.6 Å². The Morgan fingerprint density at radius 2 is 1.69 bits per heavy atom. The summed E-state index contributed by atoms with van der Waals surface area (Å²) in [7, 11) is -16.5. The van der Waals surface area contributed by atoms with Crippen molar-refractivity contribution in [3.05, 3.63) is 12.7 Å². The molecule has 31 heteroatoms. The number of imidazole rings is 1. The van der Waals surface area contributed by atoms with Gasteiger partial charge >= 0.3 is 29.4 Å². The molecule has 2 aromatic rings. The number of aliphatic hydroxyl groups is 3. The van der Waals surface area contributed by atoms with E-state index in [2.05, 4.69) is 34.4 Å². The number of aliphatic carboxylic acids is 1. The van der Waals surface area contributed by atoms with E-state index in [-0.39, 0.29) is 61.5 Å². The van der Waals surface area contributed by atoms with Gasteiger partial charge in [-0.05, 0) is 6.42 Å². The van der Waals surface area contributed by atoms with Crippen molar-refractivity contribution in [2.45, 2.75) is 76.3 Å². The molecule has 2 aromatic heterocycles. The Morgan fingerprint density at radius 1 is 1.02 bits per heavy atom. The number of hydrogen-bond acceptors (Lipinski definition) is 20. The smallest absolute Gasteiger partial charge is 0.481 e. The number of aromatic nitrogens is 4. The van der Waals surface area contributed by atoms with Crippen LogP contribution in [0.2, 0.25) is 0 Å². The number of nitrogens with two attached hydrogens (primary N) is 1. The van der Waals surface area contributed by atoms with Crippen LogP contribution in [0.1, 0.15) is 45.8 Å². The summed E-state index contributed by atoms with van der Waals surface area (Å²) in [5.41, 5.74) is 4.18. The van der Waals surface area contributed by atoms with Crippen LogP contribution in [0.25, 0.3) is 11.2 Å². The summed E-state index contributed by atoms with van der Waals surface area (Å²) in [4.78, 5) is 97.9. The van der Waals surface area contributed by atoms with Crippen molar-refractivity contribution in [2.75, 3.05) is 37.8 Å². The van der Waals surface area contributed by atoms with Gasteiger partial charge in [-0.3, -0.25) is 37.3 Å². The van der Waals surface area contributed by atoms with Crippen LogP contribution in [-0.2, 0) is 55.5 Å². The van der Waals surface area contributed by atoms with Crippen LogP contribution in [0.3, 0.4) is 0 Å². The number of fused-ring (bicyclic) bond motifs is 1. The molecule has 1 aliphatic heterocycles. The highest BCUT2D eigenvalue weighted by Crippen LogP contribution is 2.61. The van der Waals surface area contributed by atoms with E-state index in [1.54, 1.807) is 0 Å². The number of anilines is 1. The number of nitrogens with one attached hydrogen (secondary N) is 2. The Balaban J connectivity index is 1.45. The minimum absolute atomic E-state index is 0.0160. The minimum atomic E-state index is -5.60. The molecule has 12 N–H and O–H groups in total. The van der Waals surface area contributed by atoms with E-state index in [0.717, 1.165) is 29.0 Å². The minimum Gasteiger partial charge on any atom is -0.481 e. The Labute approximate surface area is 332 Å². The lowest BCUT2D eigenvalue weighted by molar-refractivity contribution is -0.138. The number of thioether (sulfide) groups is 1. The third-order valence-corrected chi connectivity index (χ3v) is 11.9. The van der Waals surface area contributed by atoms with Gasteiger partial charge < -0.3 is 61.1 Å². The number of carbonyl (C=O) groups excluding carboxylic acids is 3. The molecule has 58 heavy (non-hydrogen) atoms. The van der Waals surface area contributed by atoms with E-state index in [1.807, 2.05) is 0 Å². The molecule has 1 aliphatic rings. The molecule has 0 radical (unpaired) electrons. The predicted molar refractivity (Wildman–Crippen MR) is 195 cm³/mol. The van der Waals surface area contributed by atoms with Crippen LogP contribution >= 0.6 is 35.2 Å². The quantitative estimate of drug-likeness (QED) is 0.0412. The third kappa shape index (κ3) is 15.5. The molecular weight excluding hydrogens is 867 g/mol. The number of ether oxygens (including phenoxy) is 1. The Bertz CT molecular complexity index is 1920. The SMILES string of the molecule is CC(C)(COP(=O)(O)OP(=O)(O)OCC1OC(n2cnc3c(N)ncnc32)C(O)C1OP(=O)(O)O)C(O)C(=O)NCCC(=O)NCCSC(=O)CC(O)CCC(=O)O. The van der Waals surface area contributed by atoms with E-state index in [0.29, 0.717) is 0 Å². The van der Waals surface area contributed by atoms with Gasteiger partial charge in [0.1, 0.15) is 36.3 Å². The van der Waals surface area contributed by atoms with E-state index < -0.39 is 102 Å². The standard InChI is InChI=1S/C27H44N7O20P3S/c1-27(2,22(41)25(42)30-6-5-16(36)29-7-8-58-18(39)9-14(35)3-4-17(37)38)11-51-57(48,49)54-56(46,47)50-10-15-21(53-55(43,44)45)20(40)26(52-15)34-13-33-19-23(28)31-12-32-24(19)34/h12-15,20-22,26,35,40-41H,3-11H2,1-2H3,(H,29,36)(H,30,42)(H,37,38)(H,46,47)(H,48,49)(H2,28,31,32)(H2,43,44,45). The molecule has 3 heterocycles. The maximum absolute atomic E-state index is 12.7. The van der Waals surface area contributed by atoms with Crippen molar-refractivity contribution in [1.29, 1.82) is 0 Å². The van der Waals surface area contributed by atoms with Gasteiger partial charge in [-0.1, -0.05) is 25.6 Å². The van der Waals surface area contributed by atoms with Crippen molar-refractivity contribution in [3.63, 3.8) is 0 Å². The predicted octanol–water partition coefficient (Wildman–Crippen LogP) is -1.72. The molecule has 8 atom stereocenters. The fourth-order valence-electron chi connectivity index (χ4n) is 4.94. The summed E-state index contributed by atoms with van der Waals surface area (Å²) in [6.45, 7) is 0.140. The van der Waals surface area contributed by atoms with Crippen LogP contribution < -0.4 is 16.4 Å². The molecule has 0 spiro atoms. The van der Waals surface area contributed by atoms with Gasteiger partial charge in [0.05, 0.1) is 25.6 Å². The first-order valence-electron chi connectivity index (χ1n) is 16.8. The van der Waals surface area contributed by atoms with Crippen LogP contribution in [-0.4, -0.2) is 145 Å². The lowest BCUT2D eigenvalue weighted by Crippen LogP contribution is -2.46. The Morgan fingerprint density at radius 3 is 2.34 bits per heavy atom. The number of aliphatic hydroxyl groups excluding tert-OH is 3. The van der Waals surface area contributed by atoms with Crippen molar-refractivity contribution < 1.29 is 95.5 Å².